The third kappa shape index (κ3) is 3.67. The molecule has 0 saturated heterocycles. The van der Waals surface area contributed by atoms with Crippen molar-refractivity contribution in [3.8, 4) is 0 Å². The molecular formula is C13H18N4. The highest BCUT2D eigenvalue weighted by molar-refractivity contribution is 5.11. The van der Waals surface area contributed by atoms with Crippen molar-refractivity contribution in [2.24, 2.45) is 0 Å². The van der Waals surface area contributed by atoms with Gasteiger partial charge in [0.05, 0.1) is 18.4 Å². The van der Waals surface area contributed by atoms with Crippen LogP contribution in [0, 0.1) is 13.8 Å². The van der Waals surface area contributed by atoms with Gasteiger partial charge in [-0.15, -0.1) is 0 Å². The summed E-state index contributed by atoms with van der Waals surface area (Å²) in [5.41, 5.74) is 3.47. The third-order valence-corrected chi connectivity index (χ3v) is 2.56. The van der Waals surface area contributed by atoms with Gasteiger partial charge in [-0.3, -0.25) is 9.67 Å². The van der Waals surface area contributed by atoms with Crippen molar-refractivity contribution >= 4 is 0 Å². The molecule has 0 aromatic carbocycles. The summed E-state index contributed by atoms with van der Waals surface area (Å²) in [5, 5.41) is 7.59. The van der Waals surface area contributed by atoms with E-state index in [0.29, 0.717) is 0 Å². The van der Waals surface area contributed by atoms with Gasteiger partial charge in [-0.25, -0.2) is 0 Å². The van der Waals surface area contributed by atoms with Crippen LogP contribution in [0.5, 0.6) is 0 Å². The zero-order chi connectivity index (χ0) is 12.1. The highest BCUT2D eigenvalue weighted by Gasteiger charge is 1.95. The van der Waals surface area contributed by atoms with E-state index < -0.39 is 0 Å². The van der Waals surface area contributed by atoms with Crippen LogP contribution in [-0.4, -0.2) is 21.3 Å². The van der Waals surface area contributed by atoms with Gasteiger partial charge in [0.2, 0.25) is 0 Å². The zero-order valence-electron chi connectivity index (χ0n) is 10.3. The molecular weight excluding hydrogens is 212 g/mol. The van der Waals surface area contributed by atoms with Crippen molar-refractivity contribution in [1.82, 2.24) is 20.1 Å². The van der Waals surface area contributed by atoms with Gasteiger partial charge in [0.25, 0.3) is 0 Å². The Balaban J connectivity index is 1.71. The Hall–Kier alpha value is -1.68. The zero-order valence-corrected chi connectivity index (χ0v) is 10.3. The Labute approximate surface area is 102 Å². The summed E-state index contributed by atoms with van der Waals surface area (Å²) in [7, 11) is 0. The number of hydrogen-bond donors (Lipinski definition) is 1. The van der Waals surface area contributed by atoms with Gasteiger partial charge in [0.15, 0.2) is 0 Å². The maximum absolute atomic E-state index is 4.34. The molecule has 2 rings (SSSR count). The van der Waals surface area contributed by atoms with Crippen molar-refractivity contribution in [1.29, 1.82) is 0 Å². The van der Waals surface area contributed by atoms with Gasteiger partial charge in [-0.2, -0.15) is 5.10 Å². The molecule has 2 aromatic rings. The molecule has 0 aliphatic rings. The molecule has 4 nitrogen and oxygen atoms in total. The molecule has 4 heteroatoms. The molecule has 0 amide bonds. The normalized spacial score (nSPS) is 10.7. The Morgan fingerprint density at radius 1 is 1.18 bits per heavy atom. The monoisotopic (exact) mass is 230 g/mol. The first kappa shape index (κ1) is 11.8. The predicted molar refractivity (Wildman–Crippen MR) is 67.6 cm³/mol. The number of pyridine rings is 1. The Morgan fingerprint density at radius 2 is 2.06 bits per heavy atom. The first-order chi connectivity index (χ1) is 8.24. The SMILES string of the molecule is Cc1ccc(CNCCn2cc(C)cn2)nc1. The lowest BCUT2D eigenvalue weighted by atomic mass is 10.3. The second kappa shape index (κ2) is 5.59. The fourth-order valence-corrected chi connectivity index (χ4v) is 1.60. The molecule has 0 spiro atoms. The molecule has 0 fully saturated rings. The topological polar surface area (TPSA) is 42.7 Å². The summed E-state index contributed by atoms with van der Waals surface area (Å²) in [4.78, 5) is 4.34. The van der Waals surface area contributed by atoms with Crippen molar-refractivity contribution in [2.45, 2.75) is 26.9 Å². The molecule has 0 unspecified atom stereocenters. The van der Waals surface area contributed by atoms with Gasteiger partial charge < -0.3 is 5.32 Å². The van der Waals surface area contributed by atoms with Gasteiger partial charge >= 0.3 is 0 Å². The minimum Gasteiger partial charge on any atom is -0.309 e. The van der Waals surface area contributed by atoms with Crippen LogP contribution in [0.25, 0.3) is 0 Å². The molecule has 0 atom stereocenters. The van der Waals surface area contributed by atoms with Crippen LogP contribution >= 0.6 is 0 Å². The van der Waals surface area contributed by atoms with Gasteiger partial charge in [0, 0.05) is 25.5 Å². The second-order valence-corrected chi connectivity index (χ2v) is 4.28. The summed E-state index contributed by atoms with van der Waals surface area (Å²) >= 11 is 0. The van der Waals surface area contributed by atoms with Crippen molar-refractivity contribution in [2.75, 3.05) is 6.54 Å². The maximum Gasteiger partial charge on any atom is 0.0541 e. The predicted octanol–water partition coefficient (Wildman–Crippen LogP) is 1.68. The van der Waals surface area contributed by atoms with Crippen LogP contribution in [-0.2, 0) is 13.1 Å². The third-order valence-electron chi connectivity index (χ3n) is 2.56. The smallest absolute Gasteiger partial charge is 0.0541 e. The average Bonchev–Trinajstić information content (AvgIpc) is 2.73. The minimum absolute atomic E-state index is 0.806. The summed E-state index contributed by atoms with van der Waals surface area (Å²) in [6.45, 7) is 6.69. The van der Waals surface area contributed by atoms with Crippen LogP contribution in [0.15, 0.2) is 30.7 Å². The van der Waals surface area contributed by atoms with Crippen LogP contribution in [0.1, 0.15) is 16.8 Å². The van der Waals surface area contributed by atoms with Crippen molar-refractivity contribution in [3.05, 3.63) is 47.5 Å². The van der Waals surface area contributed by atoms with E-state index in [1.165, 1.54) is 11.1 Å². The summed E-state index contributed by atoms with van der Waals surface area (Å²) in [5.74, 6) is 0. The summed E-state index contributed by atoms with van der Waals surface area (Å²) in [6, 6.07) is 4.14. The Bertz CT molecular complexity index is 459. The van der Waals surface area contributed by atoms with E-state index in [1.54, 1.807) is 0 Å². The van der Waals surface area contributed by atoms with Crippen LogP contribution in [0.3, 0.4) is 0 Å². The molecule has 2 aromatic heterocycles. The van der Waals surface area contributed by atoms with E-state index in [-0.39, 0.29) is 0 Å². The molecule has 0 bridgehead atoms. The van der Waals surface area contributed by atoms with Crippen LogP contribution < -0.4 is 5.32 Å². The van der Waals surface area contributed by atoms with Crippen LogP contribution in [0.4, 0.5) is 0 Å². The lowest BCUT2D eigenvalue weighted by molar-refractivity contribution is 0.551. The van der Waals surface area contributed by atoms with Gasteiger partial charge in [0.1, 0.15) is 0 Å². The number of hydrogen-bond acceptors (Lipinski definition) is 3. The number of aromatic nitrogens is 3. The largest absolute Gasteiger partial charge is 0.309 e. The molecule has 1 N–H and O–H groups in total. The quantitative estimate of drug-likeness (QED) is 0.795. The van der Waals surface area contributed by atoms with E-state index in [1.807, 2.05) is 37.1 Å². The van der Waals surface area contributed by atoms with Crippen molar-refractivity contribution < 1.29 is 0 Å². The number of nitrogens with zero attached hydrogens (tertiary/aromatic N) is 3. The van der Waals surface area contributed by atoms with E-state index in [2.05, 4.69) is 27.5 Å². The lowest BCUT2D eigenvalue weighted by Gasteiger charge is -2.04. The lowest BCUT2D eigenvalue weighted by Crippen LogP contribution is -2.20. The molecule has 2 heterocycles. The fourth-order valence-electron chi connectivity index (χ4n) is 1.60. The standard InChI is InChI=1S/C13H18N4/c1-11-3-4-13(15-7-11)9-14-5-6-17-10-12(2)8-16-17/h3-4,7-8,10,14H,5-6,9H2,1-2H3. The Kier molecular flexibility index (Phi) is 3.88. The molecule has 90 valence electrons. The highest BCUT2D eigenvalue weighted by Crippen LogP contribution is 1.98. The molecule has 0 saturated carbocycles. The van der Waals surface area contributed by atoms with E-state index in [0.717, 1.165) is 25.3 Å². The first-order valence-corrected chi connectivity index (χ1v) is 5.85. The summed E-state index contributed by atoms with van der Waals surface area (Å²) < 4.78 is 1.95. The van der Waals surface area contributed by atoms with Gasteiger partial charge in [-0.05, 0) is 31.0 Å². The maximum atomic E-state index is 4.34. The Morgan fingerprint density at radius 3 is 2.71 bits per heavy atom. The van der Waals surface area contributed by atoms with E-state index >= 15 is 0 Å². The van der Waals surface area contributed by atoms with E-state index in [4.69, 9.17) is 0 Å². The van der Waals surface area contributed by atoms with Crippen LogP contribution in [0.2, 0.25) is 0 Å². The van der Waals surface area contributed by atoms with Crippen molar-refractivity contribution in [3.63, 3.8) is 0 Å². The number of rotatable bonds is 5. The number of aryl methyl sites for hydroxylation is 2. The van der Waals surface area contributed by atoms with Gasteiger partial charge in [-0.1, -0.05) is 6.07 Å². The minimum atomic E-state index is 0.806. The molecule has 0 aliphatic carbocycles. The second-order valence-electron chi connectivity index (χ2n) is 4.28. The molecule has 17 heavy (non-hydrogen) atoms. The highest BCUT2D eigenvalue weighted by atomic mass is 15.3. The molecule has 0 aliphatic heterocycles. The number of nitrogens with one attached hydrogen (secondary N) is 1. The van der Waals surface area contributed by atoms with E-state index in [9.17, 15) is 0 Å². The summed E-state index contributed by atoms with van der Waals surface area (Å²) in [6.07, 6.45) is 5.82. The first-order valence-electron chi connectivity index (χ1n) is 5.85. The average molecular weight is 230 g/mol. The fraction of sp³-hybridized carbons (Fsp3) is 0.385. The molecule has 0 radical (unpaired) electrons.